The normalized spacial score (nSPS) is 21.0. The van der Waals surface area contributed by atoms with E-state index >= 15 is 0 Å². The van der Waals surface area contributed by atoms with Gasteiger partial charge in [-0.15, -0.1) is 0 Å². The maximum absolute atomic E-state index is 13.2. The van der Waals surface area contributed by atoms with E-state index in [2.05, 4.69) is 60.7 Å². The first-order valence-electron chi connectivity index (χ1n) is 10.8. The van der Waals surface area contributed by atoms with Crippen LogP contribution in [0.5, 0.6) is 0 Å². The van der Waals surface area contributed by atoms with Crippen LogP contribution in [-0.2, 0) is 10.2 Å². The molecule has 6 rings (SSSR count). The van der Waals surface area contributed by atoms with Crippen LogP contribution in [0.2, 0.25) is 0 Å². The second-order valence-electron chi connectivity index (χ2n) is 8.54. The van der Waals surface area contributed by atoms with Gasteiger partial charge in [-0.05, 0) is 34.4 Å². The maximum Gasteiger partial charge on any atom is 0.134 e. The Hall–Kier alpha value is -3.59. The summed E-state index contributed by atoms with van der Waals surface area (Å²) in [4.78, 5) is 22.7. The summed E-state index contributed by atoms with van der Waals surface area (Å²) in [5.74, 6) is 0.359. The Morgan fingerprint density at radius 3 is 1.52 bits per heavy atom. The molecule has 1 fully saturated rings. The zero-order valence-corrected chi connectivity index (χ0v) is 17.1. The minimum atomic E-state index is -0.385. The summed E-state index contributed by atoms with van der Waals surface area (Å²) in [6, 6.07) is 29.5. The molecule has 2 aromatic carbocycles. The highest BCUT2D eigenvalue weighted by atomic mass is 16.1. The fourth-order valence-electron chi connectivity index (χ4n) is 5.99. The number of ketones is 1. The summed E-state index contributed by atoms with van der Waals surface area (Å²) >= 11 is 0. The van der Waals surface area contributed by atoms with Crippen LogP contribution in [0.3, 0.4) is 0 Å². The molecule has 0 saturated heterocycles. The van der Waals surface area contributed by atoms with Crippen molar-refractivity contribution in [3.63, 3.8) is 0 Å². The molecule has 2 aliphatic rings. The van der Waals surface area contributed by atoms with Gasteiger partial charge in [-0.2, -0.15) is 0 Å². The van der Waals surface area contributed by atoms with Gasteiger partial charge < -0.3 is 0 Å². The van der Waals surface area contributed by atoms with E-state index in [-0.39, 0.29) is 17.3 Å². The van der Waals surface area contributed by atoms with E-state index in [4.69, 9.17) is 9.97 Å². The molecule has 0 bridgehead atoms. The Bertz CT molecular complexity index is 1170. The zero-order chi connectivity index (χ0) is 20.8. The van der Waals surface area contributed by atoms with E-state index < -0.39 is 0 Å². The Balaban J connectivity index is 1.73. The van der Waals surface area contributed by atoms with Crippen LogP contribution in [-0.4, -0.2) is 15.8 Å². The Morgan fingerprint density at radius 1 is 0.613 bits per heavy atom. The van der Waals surface area contributed by atoms with E-state index in [9.17, 15) is 4.79 Å². The molecule has 0 N–H and O–H groups in total. The van der Waals surface area contributed by atoms with Crippen molar-refractivity contribution in [1.82, 2.24) is 9.97 Å². The number of carbonyl (C=O) groups excluding carboxylic acids is 1. The molecule has 3 nitrogen and oxygen atoms in total. The number of hydrogen-bond donors (Lipinski definition) is 0. The van der Waals surface area contributed by atoms with Gasteiger partial charge in [0.05, 0.1) is 11.4 Å². The SMILES string of the molecule is O=C1CC(c2ccccc2)C2(c3cccnc3-c3ncccc32)C(c2ccccc2)C1. The monoisotopic (exact) mass is 402 g/mol. The number of benzene rings is 2. The van der Waals surface area contributed by atoms with Crippen LogP contribution in [0.1, 0.15) is 46.9 Å². The molecule has 2 heterocycles. The lowest BCUT2D eigenvalue weighted by atomic mass is 9.52. The van der Waals surface area contributed by atoms with E-state index in [1.54, 1.807) is 0 Å². The van der Waals surface area contributed by atoms with Crippen molar-refractivity contribution in [3.8, 4) is 11.4 Å². The maximum atomic E-state index is 13.2. The largest absolute Gasteiger partial charge is 0.300 e. The van der Waals surface area contributed by atoms with Gasteiger partial charge in [0.1, 0.15) is 5.78 Å². The van der Waals surface area contributed by atoms with E-state index in [0.29, 0.717) is 18.6 Å². The lowest BCUT2D eigenvalue weighted by molar-refractivity contribution is -0.122. The molecule has 1 saturated carbocycles. The van der Waals surface area contributed by atoms with Crippen molar-refractivity contribution in [2.45, 2.75) is 30.1 Å². The van der Waals surface area contributed by atoms with Gasteiger partial charge >= 0.3 is 0 Å². The van der Waals surface area contributed by atoms with Crippen molar-refractivity contribution >= 4 is 5.78 Å². The predicted molar refractivity (Wildman–Crippen MR) is 121 cm³/mol. The molecule has 2 aromatic heterocycles. The average molecular weight is 402 g/mol. The molecule has 2 aliphatic carbocycles. The smallest absolute Gasteiger partial charge is 0.134 e. The lowest BCUT2D eigenvalue weighted by Gasteiger charge is -2.48. The summed E-state index contributed by atoms with van der Waals surface area (Å²) in [6.45, 7) is 0. The third kappa shape index (κ3) is 2.56. The number of aromatic nitrogens is 2. The summed E-state index contributed by atoms with van der Waals surface area (Å²) in [5.41, 5.74) is 6.30. The molecule has 4 aromatic rings. The number of rotatable bonds is 2. The Labute approximate surface area is 181 Å². The van der Waals surface area contributed by atoms with E-state index in [1.807, 2.05) is 36.7 Å². The van der Waals surface area contributed by atoms with Crippen molar-refractivity contribution in [2.75, 3.05) is 0 Å². The first-order chi connectivity index (χ1) is 15.3. The van der Waals surface area contributed by atoms with Crippen LogP contribution < -0.4 is 0 Å². The first kappa shape index (κ1) is 18.2. The molecule has 0 amide bonds. The summed E-state index contributed by atoms with van der Waals surface area (Å²) in [7, 11) is 0. The van der Waals surface area contributed by atoms with Gasteiger partial charge in [-0.25, -0.2) is 0 Å². The third-order valence-corrected chi connectivity index (χ3v) is 7.10. The fourth-order valence-corrected chi connectivity index (χ4v) is 5.99. The van der Waals surface area contributed by atoms with Crippen LogP contribution in [0.25, 0.3) is 11.4 Å². The minimum absolute atomic E-state index is 0.0218. The summed E-state index contributed by atoms with van der Waals surface area (Å²) in [5, 5.41) is 0. The van der Waals surface area contributed by atoms with Crippen molar-refractivity contribution in [1.29, 1.82) is 0 Å². The molecular formula is C28H22N2O. The first-order valence-corrected chi connectivity index (χ1v) is 10.8. The van der Waals surface area contributed by atoms with Gasteiger partial charge in [0.2, 0.25) is 0 Å². The predicted octanol–water partition coefficient (Wildman–Crippen LogP) is 5.67. The number of fused-ring (bicyclic) bond motifs is 5. The molecule has 3 heteroatoms. The standard InChI is InChI=1S/C28H22N2O/c31-21-17-24(19-9-3-1-4-10-19)28(25(18-21)20-11-5-2-6-12-20)22-13-7-15-29-26(22)27-23(28)14-8-16-30-27/h1-16,24-25H,17-18H2. The van der Waals surface area contributed by atoms with Crippen molar-refractivity contribution in [3.05, 3.63) is 120 Å². The summed E-state index contributed by atoms with van der Waals surface area (Å²) in [6.07, 6.45) is 4.74. The van der Waals surface area contributed by atoms with E-state index in [1.165, 1.54) is 22.3 Å². The average Bonchev–Trinajstić information content (AvgIpc) is 3.13. The van der Waals surface area contributed by atoms with Crippen molar-refractivity contribution in [2.24, 2.45) is 0 Å². The Morgan fingerprint density at radius 2 is 1.06 bits per heavy atom. The van der Waals surface area contributed by atoms with Crippen LogP contribution >= 0.6 is 0 Å². The highest BCUT2D eigenvalue weighted by molar-refractivity contribution is 5.87. The summed E-state index contributed by atoms with van der Waals surface area (Å²) < 4.78 is 0. The van der Waals surface area contributed by atoms with Crippen LogP contribution in [0.4, 0.5) is 0 Å². The molecule has 2 atom stereocenters. The number of nitrogens with zero attached hydrogens (tertiary/aromatic N) is 2. The molecule has 31 heavy (non-hydrogen) atoms. The Kier molecular flexibility index (Phi) is 4.10. The van der Waals surface area contributed by atoms with Crippen LogP contribution in [0, 0.1) is 0 Å². The minimum Gasteiger partial charge on any atom is -0.300 e. The van der Waals surface area contributed by atoms with Crippen molar-refractivity contribution < 1.29 is 4.79 Å². The molecule has 0 radical (unpaired) electrons. The number of hydrogen-bond acceptors (Lipinski definition) is 3. The van der Waals surface area contributed by atoms with Crippen LogP contribution in [0.15, 0.2) is 97.3 Å². The fraction of sp³-hybridized carbons (Fsp3) is 0.179. The number of pyridine rings is 2. The quantitative estimate of drug-likeness (QED) is 0.434. The molecule has 150 valence electrons. The molecule has 0 aliphatic heterocycles. The second-order valence-corrected chi connectivity index (χ2v) is 8.54. The highest BCUT2D eigenvalue weighted by Crippen LogP contribution is 2.64. The van der Waals surface area contributed by atoms with Gasteiger partial charge in [-0.1, -0.05) is 72.8 Å². The third-order valence-electron chi connectivity index (χ3n) is 7.10. The molecule has 2 unspecified atom stereocenters. The van der Waals surface area contributed by atoms with E-state index in [0.717, 1.165) is 11.4 Å². The lowest BCUT2D eigenvalue weighted by Crippen LogP contribution is -2.45. The van der Waals surface area contributed by atoms with Gasteiger partial charge in [0, 0.05) is 42.5 Å². The second kappa shape index (κ2) is 6.98. The zero-order valence-electron chi connectivity index (χ0n) is 17.1. The number of Topliss-reactive ketones (excluding diaryl/α,β-unsaturated/α-hetero) is 1. The van der Waals surface area contributed by atoms with Gasteiger partial charge in [0.15, 0.2) is 0 Å². The molecular weight excluding hydrogens is 380 g/mol. The highest BCUT2D eigenvalue weighted by Gasteiger charge is 2.58. The number of carbonyl (C=O) groups is 1. The van der Waals surface area contributed by atoms with Gasteiger partial charge in [0.25, 0.3) is 0 Å². The molecule has 1 spiro atoms. The topological polar surface area (TPSA) is 42.9 Å². The van der Waals surface area contributed by atoms with Gasteiger partial charge in [-0.3, -0.25) is 14.8 Å².